The number of aromatic amines is 1. The summed E-state index contributed by atoms with van der Waals surface area (Å²) >= 11 is 0. The molecule has 1 aliphatic carbocycles. The lowest BCUT2D eigenvalue weighted by Gasteiger charge is -2.21. The highest BCUT2D eigenvalue weighted by molar-refractivity contribution is 5.84. The van der Waals surface area contributed by atoms with Crippen LogP contribution in [0.3, 0.4) is 0 Å². The molecule has 3 aromatic heterocycles. The summed E-state index contributed by atoms with van der Waals surface area (Å²) in [6.07, 6.45) is 6.25. The number of nitrogens with two attached hydrogens (primary N) is 1. The maximum absolute atomic E-state index is 11.9. The van der Waals surface area contributed by atoms with Gasteiger partial charge in [0.25, 0.3) is 0 Å². The third-order valence-corrected chi connectivity index (χ3v) is 7.23. The Bertz CT molecular complexity index is 1510. The average Bonchev–Trinajstić information content (AvgIpc) is 3.37. The van der Waals surface area contributed by atoms with Gasteiger partial charge >= 0.3 is 5.76 Å². The van der Waals surface area contributed by atoms with E-state index in [1.54, 1.807) is 24.5 Å². The van der Waals surface area contributed by atoms with Crippen molar-refractivity contribution in [1.82, 2.24) is 19.9 Å². The second-order valence-electron chi connectivity index (χ2n) is 9.56. The predicted molar refractivity (Wildman–Crippen MR) is 136 cm³/mol. The number of amides is 1. The normalized spacial score (nSPS) is 18.4. The fraction of sp³-hybridized carbons (Fsp3) is 0.320. The number of pyridine rings is 1. The van der Waals surface area contributed by atoms with Gasteiger partial charge in [0.1, 0.15) is 11.6 Å². The summed E-state index contributed by atoms with van der Waals surface area (Å²) < 4.78 is 5.05. The van der Waals surface area contributed by atoms with Gasteiger partial charge in [0.05, 0.1) is 22.8 Å². The van der Waals surface area contributed by atoms with Crippen molar-refractivity contribution in [1.29, 1.82) is 0 Å². The van der Waals surface area contributed by atoms with E-state index in [4.69, 9.17) is 10.2 Å². The summed E-state index contributed by atoms with van der Waals surface area (Å²) in [5, 5.41) is 6.46. The third-order valence-electron chi connectivity index (χ3n) is 7.23. The number of aromatic nitrogens is 4. The molecule has 4 aromatic rings. The molecule has 1 aromatic carbocycles. The Hall–Kier alpha value is -4.41. The van der Waals surface area contributed by atoms with Gasteiger partial charge in [-0.2, -0.15) is 4.98 Å². The van der Waals surface area contributed by atoms with Crippen LogP contribution in [-0.4, -0.2) is 38.9 Å². The van der Waals surface area contributed by atoms with Crippen molar-refractivity contribution in [2.24, 2.45) is 17.1 Å². The molecular weight excluding hydrogens is 460 g/mol. The van der Waals surface area contributed by atoms with Gasteiger partial charge in [-0.1, -0.05) is 0 Å². The minimum Gasteiger partial charge on any atom is -0.408 e. The van der Waals surface area contributed by atoms with Crippen LogP contribution >= 0.6 is 0 Å². The number of nitrogens with one attached hydrogen (secondary N) is 3. The zero-order valence-electron chi connectivity index (χ0n) is 19.7. The molecule has 1 amide bonds. The van der Waals surface area contributed by atoms with Crippen molar-refractivity contribution >= 4 is 46.0 Å². The van der Waals surface area contributed by atoms with E-state index in [1.807, 2.05) is 25.1 Å². The number of primary amides is 1. The van der Waals surface area contributed by atoms with Crippen LogP contribution in [0.4, 0.5) is 29.0 Å². The molecular formula is C25H26N8O3. The number of rotatable bonds is 7. The van der Waals surface area contributed by atoms with Gasteiger partial charge in [-0.15, -0.1) is 0 Å². The molecule has 2 aliphatic rings. The van der Waals surface area contributed by atoms with E-state index in [-0.39, 0.29) is 11.3 Å². The van der Waals surface area contributed by atoms with E-state index in [2.05, 4.69) is 35.5 Å². The minimum absolute atomic E-state index is 0.161. The molecule has 1 aliphatic heterocycles. The molecule has 0 spiro atoms. The zero-order chi connectivity index (χ0) is 24.9. The Balaban J connectivity index is 1.13. The summed E-state index contributed by atoms with van der Waals surface area (Å²) in [6.45, 7) is 3.58. The smallest absolute Gasteiger partial charge is 0.408 e. The number of fused-ring (bicyclic) bond motifs is 1. The van der Waals surface area contributed by atoms with Crippen molar-refractivity contribution in [3.8, 4) is 0 Å². The molecule has 1 saturated carbocycles. The van der Waals surface area contributed by atoms with Crippen LogP contribution in [0, 0.1) is 18.3 Å². The molecule has 0 radical (unpaired) electrons. The maximum atomic E-state index is 11.9. The van der Waals surface area contributed by atoms with Gasteiger partial charge in [0.2, 0.25) is 11.9 Å². The van der Waals surface area contributed by atoms with Crippen LogP contribution in [0.5, 0.6) is 0 Å². The number of carbonyl (C=O) groups is 1. The fourth-order valence-corrected chi connectivity index (χ4v) is 4.98. The maximum Gasteiger partial charge on any atom is 0.417 e. The molecule has 184 valence electrons. The lowest BCUT2D eigenvalue weighted by atomic mass is 9.88. The van der Waals surface area contributed by atoms with Gasteiger partial charge in [0, 0.05) is 30.5 Å². The van der Waals surface area contributed by atoms with Crippen LogP contribution in [0.25, 0.3) is 11.1 Å². The number of anilines is 5. The van der Waals surface area contributed by atoms with Gasteiger partial charge in [-0.05, 0) is 62.4 Å². The zero-order valence-corrected chi connectivity index (χ0v) is 19.7. The quantitative estimate of drug-likeness (QED) is 0.308. The highest BCUT2D eigenvalue weighted by Crippen LogP contribution is 2.54. The summed E-state index contributed by atoms with van der Waals surface area (Å²) in [5.41, 5.74) is 8.84. The second-order valence-corrected chi connectivity index (χ2v) is 9.56. The highest BCUT2D eigenvalue weighted by atomic mass is 16.4. The molecule has 1 saturated heterocycles. The summed E-state index contributed by atoms with van der Waals surface area (Å²) in [5.74, 6) is 1.58. The first-order valence-corrected chi connectivity index (χ1v) is 11.9. The Labute approximate surface area is 206 Å². The lowest BCUT2D eigenvalue weighted by Crippen LogP contribution is -2.33. The Morgan fingerprint density at radius 1 is 1.17 bits per heavy atom. The number of hydrogen-bond acceptors (Lipinski definition) is 9. The molecule has 6 rings (SSSR count). The summed E-state index contributed by atoms with van der Waals surface area (Å²) in [7, 11) is 0. The van der Waals surface area contributed by atoms with Crippen LogP contribution < -0.4 is 27.0 Å². The topological polar surface area (TPSA) is 155 Å². The summed E-state index contributed by atoms with van der Waals surface area (Å²) in [6, 6.07) is 9.22. The van der Waals surface area contributed by atoms with Crippen LogP contribution in [-0.2, 0) is 4.79 Å². The van der Waals surface area contributed by atoms with E-state index in [0.717, 1.165) is 55.1 Å². The molecule has 11 nitrogen and oxygen atoms in total. The standard InChI is InChI=1S/C25H26N8O3/c1-14-11-28-23(32-21(14)29-16-2-4-19-18(10-16)31-24(35)36-19)30-17-3-5-20(27-12-17)33-9-6-15(13-33)25(7-8-25)22(26)34/h2-5,10-12,15H,6-9,13H2,1H3,(H2,26,34)(H,31,35)(H2,28,29,30,32). The van der Waals surface area contributed by atoms with Gasteiger partial charge in [0.15, 0.2) is 5.58 Å². The first-order valence-electron chi connectivity index (χ1n) is 11.9. The third kappa shape index (κ3) is 4.02. The molecule has 5 N–H and O–H groups in total. The van der Waals surface area contributed by atoms with Crippen LogP contribution in [0.1, 0.15) is 24.8 Å². The Morgan fingerprint density at radius 2 is 2.00 bits per heavy atom. The van der Waals surface area contributed by atoms with Crippen molar-refractivity contribution in [3.63, 3.8) is 0 Å². The molecule has 11 heteroatoms. The van der Waals surface area contributed by atoms with Gasteiger partial charge in [-0.3, -0.25) is 9.78 Å². The predicted octanol–water partition coefficient (Wildman–Crippen LogP) is 3.19. The summed E-state index contributed by atoms with van der Waals surface area (Å²) in [4.78, 5) is 41.7. The minimum atomic E-state index is -0.492. The largest absolute Gasteiger partial charge is 0.417 e. The van der Waals surface area contributed by atoms with Crippen molar-refractivity contribution in [2.75, 3.05) is 28.6 Å². The molecule has 0 bridgehead atoms. The highest BCUT2D eigenvalue weighted by Gasteiger charge is 2.55. The number of H-pyrrole nitrogens is 1. The Kier molecular flexibility index (Phi) is 5.13. The van der Waals surface area contributed by atoms with Gasteiger partial charge in [-0.25, -0.2) is 14.8 Å². The number of nitrogens with zero attached hydrogens (tertiary/aromatic N) is 4. The van der Waals surface area contributed by atoms with Crippen molar-refractivity contribution in [2.45, 2.75) is 26.2 Å². The molecule has 2 fully saturated rings. The molecule has 1 unspecified atom stereocenters. The number of aryl methyl sites for hydroxylation is 1. The monoisotopic (exact) mass is 486 g/mol. The van der Waals surface area contributed by atoms with Crippen LogP contribution in [0.15, 0.2) is 51.9 Å². The molecule has 36 heavy (non-hydrogen) atoms. The first kappa shape index (κ1) is 22.1. The Morgan fingerprint density at radius 3 is 2.75 bits per heavy atom. The number of benzene rings is 1. The van der Waals surface area contributed by atoms with Crippen LogP contribution in [0.2, 0.25) is 0 Å². The van der Waals surface area contributed by atoms with E-state index >= 15 is 0 Å². The second kappa shape index (κ2) is 8.36. The molecule has 4 heterocycles. The fourth-order valence-electron chi connectivity index (χ4n) is 4.98. The number of oxazole rings is 1. The number of carbonyl (C=O) groups excluding carboxylic acids is 1. The van der Waals surface area contributed by atoms with E-state index < -0.39 is 5.76 Å². The van der Waals surface area contributed by atoms with E-state index in [9.17, 15) is 9.59 Å². The van der Waals surface area contributed by atoms with Crippen molar-refractivity contribution < 1.29 is 9.21 Å². The molecule has 1 atom stereocenters. The first-order chi connectivity index (χ1) is 17.4. The van der Waals surface area contributed by atoms with Crippen molar-refractivity contribution in [3.05, 3.63) is 58.8 Å². The lowest BCUT2D eigenvalue weighted by molar-refractivity contribution is -0.124. The van der Waals surface area contributed by atoms with E-state index in [0.29, 0.717) is 28.8 Å². The van der Waals surface area contributed by atoms with E-state index in [1.165, 1.54) is 0 Å². The average molecular weight is 487 g/mol. The van der Waals surface area contributed by atoms with Gasteiger partial charge < -0.3 is 25.7 Å². The number of hydrogen-bond donors (Lipinski definition) is 4. The SMILES string of the molecule is Cc1cnc(Nc2ccc(N3CCC(C4(C(N)=O)CC4)C3)nc2)nc1Nc1ccc2oc(=O)[nH]c2c1.